The lowest BCUT2D eigenvalue weighted by atomic mass is 9.88. The molecule has 0 aliphatic carbocycles. The van der Waals surface area contributed by atoms with Crippen molar-refractivity contribution in [1.29, 1.82) is 0 Å². The fourth-order valence-electron chi connectivity index (χ4n) is 2.05. The van der Waals surface area contributed by atoms with Gasteiger partial charge in [0.25, 0.3) is 0 Å². The van der Waals surface area contributed by atoms with E-state index in [1.807, 2.05) is 20.8 Å². The average molecular weight is 275 g/mol. The monoisotopic (exact) mass is 274 g/mol. The molecule has 0 spiro atoms. The van der Waals surface area contributed by atoms with E-state index in [2.05, 4.69) is 5.43 Å². The molecule has 0 saturated heterocycles. The number of benzene rings is 1. The molecule has 5 heteroatoms. The summed E-state index contributed by atoms with van der Waals surface area (Å²) in [5.41, 5.74) is 2.53. The molecule has 0 aliphatic rings. The molecule has 0 fully saturated rings. The van der Waals surface area contributed by atoms with Crippen LogP contribution in [0.15, 0.2) is 18.2 Å². The molecule has 0 saturated carbocycles. The van der Waals surface area contributed by atoms with E-state index in [4.69, 9.17) is 22.2 Å². The van der Waals surface area contributed by atoms with E-state index in [-0.39, 0.29) is 5.82 Å². The van der Waals surface area contributed by atoms with Gasteiger partial charge in [-0.1, -0.05) is 24.6 Å². The highest BCUT2D eigenvalue weighted by atomic mass is 35.5. The third-order valence-corrected chi connectivity index (χ3v) is 3.46. The molecule has 3 nitrogen and oxygen atoms in total. The summed E-state index contributed by atoms with van der Waals surface area (Å²) in [6, 6.07) is 4.13. The second-order valence-electron chi connectivity index (χ2n) is 4.36. The van der Waals surface area contributed by atoms with E-state index in [1.54, 1.807) is 12.1 Å². The Kier molecular flexibility index (Phi) is 5.53. The zero-order chi connectivity index (χ0) is 13.8. The van der Waals surface area contributed by atoms with Gasteiger partial charge in [-0.3, -0.25) is 5.84 Å². The molecular weight excluding hydrogens is 255 g/mol. The quantitative estimate of drug-likeness (QED) is 0.619. The molecule has 0 amide bonds. The van der Waals surface area contributed by atoms with Crippen LogP contribution in [0.25, 0.3) is 0 Å². The van der Waals surface area contributed by atoms with Crippen LogP contribution in [0.3, 0.4) is 0 Å². The zero-order valence-electron chi connectivity index (χ0n) is 11.0. The maximum absolute atomic E-state index is 14.0. The summed E-state index contributed by atoms with van der Waals surface area (Å²) in [6.45, 7) is 6.33. The van der Waals surface area contributed by atoms with Crippen LogP contribution in [-0.4, -0.2) is 12.2 Å². The third kappa shape index (κ3) is 3.20. The maximum atomic E-state index is 14.0. The molecule has 0 heterocycles. The summed E-state index contributed by atoms with van der Waals surface area (Å²) >= 11 is 5.75. The van der Waals surface area contributed by atoms with Crippen molar-refractivity contribution in [1.82, 2.24) is 5.43 Å². The molecule has 2 unspecified atom stereocenters. The van der Waals surface area contributed by atoms with Crippen molar-refractivity contribution in [3.63, 3.8) is 0 Å². The number of nitrogens with one attached hydrogen (secondary N) is 1. The summed E-state index contributed by atoms with van der Waals surface area (Å²) in [4.78, 5) is 0. The first kappa shape index (κ1) is 15.4. The van der Waals surface area contributed by atoms with Gasteiger partial charge >= 0.3 is 0 Å². The van der Waals surface area contributed by atoms with Gasteiger partial charge < -0.3 is 4.74 Å². The number of halogens is 2. The van der Waals surface area contributed by atoms with E-state index in [0.717, 1.165) is 0 Å². The Balaban J connectivity index is 3.15. The molecule has 0 aromatic heterocycles. The minimum atomic E-state index is -0.571. The fourth-order valence-corrected chi connectivity index (χ4v) is 2.21. The Bertz CT molecular complexity index is 403. The summed E-state index contributed by atoms with van der Waals surface area (Å²) in [5, 5.41) is 0.363. The maximum Gasteiger partial charge on any atom is 0.129 e. The number of nitrogens with two attached hydrogens (primary N) is 1. The zero-order valence-corrected chi connectivity index (χ0v) is 11.7. The van der Waals surface area contributed by atoms with Crippen LogP contribution in [0.1, 0.15) is 38.8 Å². The van der Waals surface area contributed by atoms with Gasteiger partial charge in [-0.25, -0.2) is 9.82 Å². The second kappa shape index (κ2) is 6.48. The fraction of sp³-hybridized carbons (Fsp3) is 0.538. The van der Waals surface area contributed by atoms with Crippen molar-refractivity contribution in [2.45, 2.75) is 38.8 Å². The first-order chi connectivity index (χ1) is 8.48. The number of hydrogen-bond donors (Lipinski definition) is 2. The molecule has 1 aromatic carbocycles. The van der Waals surface area contributed by atoms with E-state index < -0.39 is 11.6 Å². The predicted octanol–water partition coefficient (Wildman–Crippen LogP) is 3.19. The van der Waals surface area contributed by atoms with Crippen molar-refractivity contribution < 1.29 is 9.13 Å². The highest BCUT2D eigenvalue weighted by Gasteiger charge is 2.35. The Labute approximate surface area is 112 Å². The summed E-state index contributed by atoms with van der Waals surface area (Å²) in [5.74, 6) is 5.19. The van der Waals surface area contributed by atoms with Crippen molar-refractivity contribution >= 4 is 11.6 Å². The Hall–Kier alpha value is -0.680. The lowest BCUT2D eigenvalue weighted by Gasteiger charge is -2.36. The number of rotatable bonds is 6. The SMILES string of the molecule is CCOC(C)(CC)C(NN)c1ccc(Cl)cc1F. The number of ether oxygens (including phenoxy) is 1. The Morgan fingerprint density at radius 1 is 1.50 bits per heavy atom. The Morgan fingerprint density at radius 3 is 2.61 bits per heavy atom. The molecule has 2 atom stereocenters. The van der Waals surface area contributed by atoms with Crippen LogP contribution in [-0.2, 0) is 4.74 Å². The van der Waals surface area contributed by atoms with Gasteiger partial charge in [-0.15, -0.1) is 0 Å². The van der Waals surface area contributed by atoms with Crippen LogP contribution in [0, 0.1) is 5.82 Å². The highest BCUT2D eigenvalue weighted by molar-refractivity contribution is 6.30. The lowest BCUT2D eigenvalue weighted by Crippen LogP contribution is -2.46. The van der Waals surface area contributed by atoms with Gasteiger partial charge in [-0.05, 0) is 32.4 Å². The smallest absolute Gasteiger partial charge is 0.129 e. The van der Waals surface area contributed by atoms with Crippen molar-refractivity contribution in [3.8, 4) is 0 Å². The van der Waals surface area contributed by atoms with Crippen LogP contribution < -0.4 is 11.3 Å². The molecule has 0 aliphatic heterocycles. The first-order valence-electron chi connectivity index (χ1n) is 6.03. The van der Waals surface area contributed by atoms with Crippen LogP contribution in [0.2, 0.25) is 5.02 Å². The van der Waals surface area contributed by atoms with Crippen LogP contribution >= 0.6 is 11.6 Å². The highest BCUT2D eigenvalue weighted by Crippen LogP contribution is 2.33. The molecule has 1 aromatic rings. The van der Waals surface area contributed by atoms with E-state index in [1.165, 1.54) is 6.07 Å². The average Bonchev–Trinajstić information content (AvgIpc) is 2.33. The number of hydrogen-bond acceptors (Lipinski definition) is 3. The van der Waals surface area contributed by atoms with Crippen LogP contribution in [0.5, 0.6) is 0 Å². The molecule has 18 heavy (non-hydrogen) atoms. The molecule has 0 bridgehead atoms. The molecule has 0 radical (unpaired) electrons. The second-order valence-corrected chi connectivity index (χ2v) is 4.80. The third-order valence-electron chi connectivity index (χ3n) is 3.23. The van der Waals surface area contributed by atoms with Crippen molar-refractivity contribution in [2.24, 2.45) is 5.84 Å². The number of hydrazine groups is 1. The van der Waals surface area contributed by atoms with E-state index in [0.29, 0.717) is 23.6 Å². The molecule has 1 rings (SSSR count). The van der Waals surface area contributed by atoms with Gasteiger partial charge in [0.15, 0.2) is 0 Å². The van der Waals surface area contributed by atoms with Gasteiger partial charge in [0, 0.05) is 17.2 Å². The molecule has 102 valence electrons. The van der Waals surface area contributed by atoms with E-state index in [9.17, 15) is 4.39 Å². The van der Waals surface area contributed by atoms with Gasteiger partial charge in [0.05, 0.1) is 11.6 Å². The first-order valence-corrected chi connectivity index (χ1v) is 6.41. The van der Waals surface area contributed by atoms with Crippen LogP contribution in [0.4, 0.5) is 4.39 Å². The van der Waals surface area contributed by atoms with Gasteiger partial charge in [0.2, 0.25) is 0 Å². The summed E-state index contributed by atoms with van der Waals surface area (Å²) < 4.78 is 19.7. The predicted molar refractivity (Wildman–Crippen MR) is 71.8 cm³/mol. The van der Waals surface area contributed by atoms with Gasteiger partial charge in [-0.2, -0.15) is 0 Å². The Morgan fingerprint density at radius 2 is 2.17 bits per heavy atom. The normalized spacial score (nSPS) is 16.3. The standard InChI is InChI=1S/C13H20ClFN2O/c1-4-13(3,18-5-2)12(17-16)10-7-6-9(14)8-11(10)15/h6-8,12,17H,4-5,16H2,1-3H3. The van der Waals surface area contributed by atoms with Crippen molar-refractivity contribution in [2.75, 3.05) is 6.61 Å². The minimum Gasteiger partial charge on any atom is -0.374 e. The summed E-state index contributed by atoms with van der Waals surface area (Å²) in [7, 11) is 0. The van der Waals surface area contributed by atoms with Crippen molar-refractivity contribution in [3.05, 3.63) is 34.6 Å². The van der Waals surface area contributed by atoms with E-state index >= 15 is 0 Å². The summed E-state index contributed by atoms with van der Waals surface area (Å²) in [6.07, 6.45) is 0.706. The topological polar surface area (TPSA) is 47.3 Å². The lowest BCUT2D eigenvalue weighted by molar-refractivity contribution is -0.0571. The molecular formula is C13H20ClFN2O. The van der Waals surface area contributed by atoms with Gasteiger partial charge in [0.1, 0.15) is 5.82 Å². The largest absolute Gasteiger partial charge is 0.374 e. The minimum absolute atomic E-state index is 0.363. The molecule has 3 N–H and O–H groups in total.